The number of hydrogen-bond donors (Lipinski definition) is 1. The lowest BCUT2D eigenvalue weighted by molar-refractivity contribution is 0.418. The molecule has 0 fully saturated rings. The Balaban J connectivity index is 0.00000242. The standard InChI is InChI=1S/C14H19N3O3S.ClH/c1-9-5-6-11(21(4,18)19)8-12(9)14-16-13(17-20-14)7-10(2)15-3;/h5-6,8,10,15H,7H2,1-4H3;1H. The van der Waals surface area contributed by atoms with Crippen molar-refractivity contribution in [2.24, 2.45) is 0 Å². The van der Waals surface area contributed by atoms with Gasteiger partial charge in [-0.25, -0.2) is 8.42 Å². The molecule has 122 valence electrons. The van der Waals surface area contributed by atoms with Crippen molar-refractivity contribution >= 4 is 22.2 Å². The van der Waals surface area contributed by atoms with E-state index in [9.17, 15) is 8.42 Å². The average Bonchev–Trinajstić information content (AvgIpc) is 2.86. The molecule has 1 atom stereocenters. The Kier molecular flexibility index (Phi) is 6.10. The summed E-state index contributed by atoms with van der Waals surface area (Å²) >= 11 is 0. The number of hydrogen-bond acceptors (Lipinski definition) is 6. The van der Waals surface area contributed by atoms with Crippen LogP contribution in [0, 0.1) is 6.92 Å². The van der Waals surface area contributed by atoms with Gasteiger partial charge in [-0.2, -0.15) is 4.98 Å². The van der Waals surface area contributed by atoms with Crippen LogP contribution in [0.2, 0.25) is 0 Å². The van der Waals surface area contributed by atoms with Crippen molar-refractivity contribution in [3.63, 3.8) is 0 Å². The minimum Gasteiger partial charge on any atom is -0.334 e. The molecule has 1 aromatic heterocycles. The van der Waals surface area contributed by atoms with Crippen molar-refractivity contribution in [3.8, 4) is 11.5 Å². The van der Waals surface area contributed by atoms with Gasteiger partial charge in [0.05, 0.1) is 4.90 Å². The molecule has 6 nitrogen and oxygen atoms in total. The number of halogens is 1. The van der Waals surface area contributed by atoms with E-state index in [1.54, 1.807) is 18.2 Å². The molecule has 1 heterocycles. The van der Waals surface area contributed by atoms with E-state index in [0.717, 1.165) is 5.56 Å². The van der Waals surface area contributed by atoms with Crippen LogP contribution in [-0.2, 0) is 16.3 Å². The molecule has 0 radical (unpaired) electrons. The highest BCUT2D eigenvalue weighted by Gasteiger charge is 2.16. The second-order valence-corrected chi connectivity index (χ2v) is 7.17. The third-order valence-electron chi connectivity index (χ3n) is 3.32. The van der Waals surface area contributed by atoms with E-state index in [2.05, 4.69) is 15.5 Å². The first-order chi connectivity index (χ1) is 9.81. The van der Waals surface area contributed by atoms with Gasteiger partial charge in [0, 0.05) is 24.3 Å². The Labute approximate surface area is 136 Å². The van der Waals surface area contributed by atoms with Crippen LogP contribution < -0.4 is 5.32 Å². The number of nitrogens with one attached hydrogen (secondary N) is 1. The van der Waals surface area contributed by atoms with Crippen LogP contribution in [0.5, 0.6) is 0 Å². The minimum absolute atomic E-state index is 0. The van der Waals surface area contributed by atoms with E-state index in [-0.39, 0.29) is 23.3 Å². The van der Waals surface area contributed by atoms with Gasteiger partial charge in [0.1, 0.15) is 0 Å². The number of rotatable bonds is 5. The molecule has 0 aliphatic heterocycles. The molecule has 1 unspecified atom stereocenters. The van der Waals surface area contributed by atoms with Gasteiger partial charge < -0.3 is 9.84 Å². The predicted octanol–water partition coefficient (Wildman–Crippen LogP) is 2.02. The maximum absolute atomic E-state index is 11.6. The highest BCUT2D eigenvalue weighted by atomic mass is 35.5. The van der Waals surface area contributed by atoms with Crippen molar-refractivity contribution in [2.45, 2.75) is 31.2 Å². The van der Waals surface area contributed by atoms with Crippen LogP contribution in [0.3, 0.4) is 0 Å². The molecular weight excluding hydrogens is 326 g/mol. The van der Waals surface area contributed by atoms with Crippen LogP contribution in [0.4, 0.5) is 0 Å². The van der Waals surface area contributed by atoms with Gasteiger partial charge in [-0.3, -0.25) is 0 Å². The maximum Gasteiger partial charge on any atom is 0.258 e. The largest absolute Gasteiger partial charge is 0.334 e. The summed E-state index contributed by atoms with van der Waals surface area (Å²) in [5.41, 5.74) is 1.54. The van der Waals surface area contributed by atoms with Crippen molar-refractivity contribution in [2.75, 3.05) is 13.3 Å². The highest BCUT2D eigenvalue weighted by Crippen LogP contribution is 2.25. The quantitative estimate of drug-likeness (QED) is 0.892. The first-order valence-electron chi connectivity index (χ1n) is 6.62. The predicted molar refractivity (Wildman–Crippen MR) is 87.1 cm³/mol. The van der Waals surface area contributed by atoms with Gasteiger partial charge in [0.25, 0.3) is 5.89 Å². The molecule has 1 aromatic carbocycles. The zero-order chi connectivity index (χ0) is 15.6. The third-order valence-corrected chi connectivity index (χ3v) is 4.43. The summed E-state index contributed by atoms with van der Waals surface area (Å²) in [6.45, 7) is 3.90. The Hall–Kier alpha value is -1.44. The van der Waals surface area contributed by atoms with Crippen LogP contribution in [0.25, 0.3) is 11.5 Å². The van der Waals surface area contributed by atoms with E-state index in [0.29, 0.717) is 23.7 Å². The number of benzene rings is 1. The van der Waals surface area contributed by atoms with Gasteiger partial charge >= 0.3 is 0 Å². The maximum atomic E-state index is 11.6. The van der Waals surface area contributed by atoms with E-state index < -0.39 is 9.84 Å². The molecule has 0 aliphatic carbocycles. The number of nitrogens with zero attached hydrogens (tertiary/aromatic N) is 2. The average molecular weight is 346 g/mol. The lowest BCUT2D eigenvalue weighted by Crippen LogP contribution is -2.24. The zero-order valence-electron chi connectivity index (χ0n) is 13.0. The highest BCUT2D eigenvalue weighted by molar-refractivity contribution is 7.90. The normalized spacial score (nSPS) is 12.7. The molecule has 0 bridgehead atoms. The van der Waals surface area contributed by atoms with Gasteiger partial charge in [0.2, 0.25) is 0 Å². The zero-order valence-corrected chi connectivity index (χ0v) is 14.6. The van der Waals surface area contributed by atoms with Crippen LogP contribution >= 0.6 is 12.4 Å². The van der Waals surface area contributed by atoms with Gasteiger partial charge in [-0.15, -0.1) is 12.4 Å². The molecule has 0 saturated heterocycles. The summed E-state index contributed by atoms with van der Waals surface area (Å²) in [5, 5.41) is 7.04. The van der Waals surface area contributed by atoms with E-state index >= 15 is 0 Å². The Morgan fingerprint density at radius 2 is 2.05 bits per heavy atom. The summed E-state index contributed by atoms with van der Waals surface area (Å²) in [6.07, 6.45) is 1.82. The fourth-order valence-corrected chi connectivity index (χ4v) is 2.53. The molecule has 22 heavy (non-hydrogen) atoms. The van der Waals surface area contributed by atoms with E-state index in [4.69, 9.17) is 4.52 Å². The van der Waals surface area contributed by atoms with Crippen molar-refractivity contribution in [1.82, 2.24) is 15.5 Å². The lowest BCUT2D eigenvalue weighted by Gasteiger charge is -2.05. The van der Waals surface area contributed by atoms with Crippen molar-refractivity contribution < 1.29 is 12.9 Å². The summed E-state index contributed by atoms with van der Waals surface area (Å²) < 4.78 is 28.5. The van der Waals surface area contributed by atoms with Crippen LogP contribution in [0.1, 0.15) is 18.3 Å². The molecule has 0 aliphatic rings. The number of aromatic nitrogens is 2. The smallest absolute Gasteiger partial charge is 0.258 e. The Bertz CT molecular complexity index is 744. The molecule has 0 spiro atoms. The lowest BCUT2D eigenvalue weighted by atomic mass is 10.1. The summed E-state index contributed by atoms with van der Waals surface area (Å²) in [5.74, 6) is 0.937. The minimum atomic E-state index is -3.27. The van der Waals surface area contributed by atoms with E-state index in [1.165, 1.54) is 6.26 Å². The third kappa shape index (κ3) is 4.28. The fraction of sp³-hybridized carbons (Fsp3) is 0.429. The van der Waals surface area contributed by atoms with Gasteiger partial charge in [-0.1, -0.05) is 11.2 Å². The van der Waals surface area contributed by atoms with Crippen LogP contribution in [-0.4, -0.2) is 37.9 Å². The second kappa shape index (κ2) is 7.21. The molecule has 2 aromatic rings. The van der Waals surface area contributed by atoms with E-state index in [1.807, 2.05) is 20.9 Å². The fourth-order valence-electron chi connectivity index (χ4n) is 1.88. The molecule has 0 saturated carbocycles. The molecule has 8 heteroatoms. The SMILES string of the molecule is CNC(C)Cc1noc(-c2cc(S(C)(=O)=O)ccc2C)n1.Cl. The van der Waals surface area contributed by atoms with Gasteiger partial charge in [-0.05, 0) is 38.6 Å². The first kappa shape index (κ1) is 18.6. The first-order valence-corrected chi connectivity index (χ1v) is 8.51. The summed E-state index contributed by atoms with van der Waals surface area (Å²) in [6, 6.07) is 5.13. The molecular formula is C14H20ClN3O3S. The second-order valence-electron chi connectivity index (χ2n) is 5.16. The monoisotopic (exact) mass is 345 g/mol. The Morgan fingerprint density at radius 3 is 2.64 bits per heavy atom. The summed E-state index contributed by atoms with van der Waals surface area (Å²) in [4.78, 5) is 4.58. The van der Waals surface area contributed by atoms with Crippen molar-refractivity contribution in [3.05, 3.63) is 29.6 Å². The number of likely N-dealkylation sites (N-methyl/N-ethyl adjacent to an activating group) is 1. The number of aryl methyl sites for hydroxylation is 1. The van der Waals surface area contributed by atoms with Crippen molar-refractivity contribution in [1.29, 1.82) is 0 Å². The Morgan fingerprint density at radius 1 is 1.36 bits per heavy atom. The topological polar surface area (TPSA) is 85.1 Å². The summed E-state index contributed by atoms with van der Waals surface area (Å²) in [7, 11) is -1.40. The van der Waals surface area contributed by atoms with Gasteiger partial charge in [0.15, 0.2) is 15.7 Å². The van der Waals surface area contributed by atoms with Crippen LogP contribution in [0.15, 0.2) is 27.6 Å². The molecule has 1 N–H and O–H groups in total. The number of sulfone groups is 1. The molecule has 0 amide bonds. The molecule has 2 rings (SSSR count).